The van der Waals surface area contributed by atoms with Crippen molar-refractivity contribution in [3.8, 4) is 0 Å². The molecule has 2 aromatic rings. The minimum atomic E-state index is -0.833. The number of carboxylic acids is 1. The average Bonchev–Trinajstić information content (AvgIpc) is 2.85. The zero-order chi connectivity index (χ0) is 15.4. The van der Waals surface area contributed by atoms with E-state index in [4.69, 9.17) is 9.52 Å². The summed E-state index contributed by atoms with van der Waals surface area (Å²) in [6.07, 6.45) is 1.30. The van der Waals surface area contributed by atoms with Gasteiger partial charge in [0, 0.05) is 5.69 Å². The van der Waals surface area contributed by atoms with E-state index in [0.29, 0.717) is 11.4 Å². The van der Waals surface area contributed by atoms with Crippen molar-refractivity contribution in [2.75, 3.05) is 5.32 Å². The highest BCUT2D eigenvalue weighted by molar-refractivity contribution is 6.02. The minimum absolute atomic E-state index is 0.0724. The van der Waals surface area contributed by atoms with E-state index >= 15 is 0 Å². The summed E-state index contributed by atoms with van der Waals surface area (Å²) < 4.78 is 5.02. The zero-order valence-electron chi connectivity index (χ0n) is 11.8. The highest BCUT2D eigenvalue weighted by Gasteiger charge is 2.14. The summed E-state index contributed by atoms with van der Waals surface area (Å²) in [6, 6.07) is 7.07. The van der Waals surface area contributed by atoms with Crippen molar-refractivity contribution in [1.82, 2.24) is 4.98 Å². The molecule has 0 fully saturated rings. The van der Waals surface area contributed by atoms with Crippen LogP contribution in [0.3, 0.4) is 0 Å². The number of benzene rings is 1. The van der Waals surface area contributed by atoms with Crippen LogP contribution in [0.25, 0.3) is 0 Å². The van der Waals surface area contributed by atoms with E-state index < -0.39 is 5.97 Å². The van der Waals surface area contributed by atoms with Crippen LogP contribution in [0.15, 0.2) is 35.1 Å². The van der Waals surface area contributed by atoms with Gasteiger partial charge in [0.1, 0.15) is 0 Å². The van der Waals surface area contributed by atoms with Crippen molar-refractivity contribution in [2.24, 2.45) is 0 Å². The van der Waals surface area contributed by atoms with Gasteiger partial charge in [-0.05, 0) is 30.5 Å². The Morgan fingerprint density at radius 2 is 2.00 bits per heavy atom. The topological polar surface area (TPSA) is 92.4 Å². The third kappa shape index (κ3) is 3.68. The Morgan fingerprint density at radius 1 is 1.33 bits per heavy atom. The van der Waals surface area contributed by atoms with Crippen LogP contribution in [-0.4, -0.2) is 22.0 Å². The minimum Gasteiger partial charge on any atom is -0.481 e. The van der Waals surface area contributed by atoms with Gasteiger partial charge in [-0.25, -0.2) is 4.98 Å². The summed E-state index contributed by atoms with van der Waals surface area (Å²) in [5.41, 5.74) is 2.05. The van der Waals surface area contributed by atoms with Crippen molar-refractivity contribution >= 4 is 17.6 Å². The van der Waals surface area contributed by atoms with Crippen molar-refractivity contribution in [3.63, 3.8) is 0 Å². The van der Waals surface area contributed by atoms with Crippen LogP contribution in [0.1, 0.15) is 41.1 Å². The van der Waals surface area contributed by atoms with Gasteiger partial charge in [-0.3, -0.25) is 9.59 Å². The molecule has 0 spiro atoms. The molecule has 6 heteroatoms. The lowest BCUT2D eigenvalue weighted by Crippen LogP contribution is -2.12. The Balaban J connectivity index is 2.04. The zero-order valence-corrected chi connectivity index (χ0v) is 11.8. The van der Waals surface area contributed by atoms with Crippen molar-refractivity contribution in [1.29, 1.82) is 0 Å². The molecule has 0 bridgehead atoms. The number of rotatable bonds is 5. The maximum atomic E-state index is 11.9. The third-order valence-electron chi connectivity index (χ3n) is 3.17. The van der Waals surface area contributed by atoms with Gasteiger partial charge >= 0.3 is 5.97 Å². The molecule has 0 aliphatic carbocycles. The number of amides is 1. The Hall–Kier alpha value is -2.63. The molecule has 1 heterocycles. The first kappa shape index (κ1) is 14.8. The number of carbonyl (C=O) groups is 2. The first-order valence-electron chi connectivity index (χ1n) is 6.50. The van der Waals surface area contributed by atoms with E-state index in [1.54, 1.807) is 31.2 Å². The number of aliphatic carboxylic acids is 1. The maximum Gasteiger partial charge on any atom is 0.303 e. The predicted molar refractivity (Wildman–Crippen MR) is 76.3 cm³/mol. The monoisotopic (exact) mass is 288 g/mol. The summed E-state index contributed by atoms with van der Waals surface area (Å²) in [4.78, 5) is 26.5. The number of oxazole rings is 1. The quantitative estimate of drug-likeness (QED) is 0.882. The van der Waals surface area contributed by atoms with Gasteiger partial charge < -0.3 is 14.8 Å². The number of aryl methyl sites for hydroxylation is 1. The molecular weight excluding hydrogens is 272 g/mol. The molecule has 0 saturated heterocycles. The first-order chi connectivity index (χ1) is 9.97. The molecule has 0 aliphatic heterocycles. The van der Waals surface area contributed by atoms with Crippen molar-refractivity contribution in [2.45, 2.75) is 26.2 Å². The van der Waals surface area contributed by atoms with E-state index in [1.165, 1.54) is 6.39 Å². The van der Waals surface area contributed by atoms with Crippen molar-refractivity contribution < 1.29 is 19.1 Å². The predicted octanol–water partition coefficient (Wildman–Crippen LogP) is 2.81. The van der Waals surface area contributed by atoms with E-state index in [-0.39, 0.29) is 24.0 Å². The number of nitrogens with zero attached hydrogens (tertiary/aromatic N) is 1. The molecule has 21 heavy (non-hydrogen) atoms. The second-order valence-corrected chi connectivity index (χ2v) is 4.84. The van der Waals surface area contributed by atoms with Crippen LogP contribution >= 0.6 is 0 Å². The molecular formula is C15H16N2O4. The van der Waals surface area contributed by atoms with Gasteiger partial charge in [0.05, 0.1) is 12.1 Å². The highest BCUT2D eigenvalue weighted by atomic mass is 16.4. The second kappa shape index (κ2) is 6.21. The molecule has 110 valence electrons. The molecule has 2 N–H and O–H groups in total. The number of aromatic nitrogens is 1. The Bertz CT molecular complexity index is 646. The first-order valence-corrected chi connectivity index (χ1v) is 6.50. The standard InChI is InChI=1S/C15H16N2O4/c1-9(7-13(18)19)11-3-5-12(6-4-11)17-15(20)14-10(2)16-8-21-14/h3-6,8-9H,7H2,1-2H3,(H,17,20)(H,18,19). The van der Waals surface area contributed by atoms with Crippen LogP contribution in [0, 0.1) is 6.92 Å². The van der Waals surface area contributed by atoms with E-state index in [0.717, 1.165) is 5.56 Å². The summed E-state index contributed by atoms with van der Waals surface area (Å²) in [5.74, 6) is -1.10. The molecule has 1 unspecified atom stereocenters. The lowest BCUT2D eigenvalue weighted by atomic mass is 9.98. The highest BCUT2D eigenvalue weighted by Crippen LogP contribution is 2.21. The van der Waals surface area contributed by atoms with E-state index in [2.05, 4.69) is 10.3 Å². The van der Waals surface area contributed by atoms with Gasteiger partial charge in [-0.1, -0.05) is 19.1 Å². The fraction of sp³-hybridized carbons (Fsp3) is 0.267. The smallest absolute Gasteiger partial charge is 0.303 e. The van der Waals surface area contributed by atoms with Crippen LogP contribution in [0.5, 0.6) is 0 Å². The Labute approximate surface area is 121 Å². The van der Waals surface area contributed by atoms with Crippen LogP contribution in [0.4, 0.5) is 5.69 Å². The Kier molecular flexibility index (Phi) is 4.37. The molecule has 0 saturated carbocycles. The fourth-order valence-corrected chi connectivity index (χ4v) is 1.98. The number of hydrogen-bond donors (Lipinski definition) is 2. The lowest BCUT2D eigenvalue weighted by Gasteiger charge is -2.10. The molecule has 0 radical (unpaired) electrons. The van der Waals surface area contributed by atoms with Crippen LogP contribution in [0.2, 0.25) is 0 Å². The molecule has 1 aromatic heterocycles. The maximum absolute atomic E-state index is 11.9. The van der Waals surface area contributed by atoms with Gasteiger partial charge in [-0.2, -0.15) is 0 Å². The van der Waals surface area contributed by atoms with Gasteiger partial charge in [-0.15, -0.1) is 0 Å². The molecule has 1 atom stereocenters. The SMILES string of the molecule is Cc1ncoc1C(=O)Nc1ccc(C(C)CC(=O)O)cc1. The average molecular weight is 288 g/mol. The summed E-state index contributed by atoms with van der Waals surface area (Å²) in [5, 5.41) is 11.5. The normalized spacial score (nSPS) is 11.9. The summed E-state index contributed by atoms with van der Waals surface area (Å²) in [7, 11) is 0. The molecule has 2 rings (SSSR count). The molecule has 0 aliphatic rings. The van der Waals surface area contributed by atoms with Crippen LogP contribution < -0.4 is 5.32 Å². The third-order valence-corrected chi connectivity index (χ3v) is 3.17. The van der Waals surface area contributed by atoms with Gasteiger partial charge in [0.15, 0.2) is 6.39 Å². The summed E-state index contributed by atoms with van der Waals surface area (Å²) >= 11 is 0. The number of anilines is 1. The molecule has 6 nitrogen and oxygen atoms in total. The van der Waals surface area contributed by atoms with Crippen molar-refractivity contribution in [3.05, 3.63) is 47.7 Å². The number of nitrogens with one attached hydrogen (secondary N) is 1. The fourth-order valence-electron chi connectivity index (χ4n) is 1.98. The van der Waals surface area contributed by atoms with E-state index in [9.17, 15) is 9.59 Å². The second-order valence-electron chi connectivity index (χ2n) is 4.84. The number of hydrogen-bond acceptors (Lipinski definition) is 4. The molecule has 1 amide bonds. The largest absolute Gasteiger partial charge is 0.481 e. The Morgan fingerprint density at radius 3 is 2.52 bits per heavy atom. The van der Waals surface area contributed by atoms with Gasteiger partial charge in [0.25, 0.3) is 5.91 Å². The molecule has 1 aromatic carbocycles. The number of carboxylic acid groups (broad SMARTS) is 1. The van der Waals surface area contributed by atoms with Crippen LogP contribution in [-0.2, 0) is 4.79 Å². The number of carbonyl (C=O) groups excluding carboxylic acids is 1. The summed E-state index contributed by atoms with van der Waals surface area (Å²) in [6.45, 7) is 3.54. The lowest BCUT2D eigenvalue weighted by molar-refractivity contribution is -0.137. The van der Waals surface area contributed by atoms with Gasteiger partial charge in [0.2, 0.25) is 5.76 Å². The van der Waals surface area contributed by atoms with E-state index in [1.807, 2.05) is 6.92 Å².